The standard InChI is InChI=1S/C20H31N3O3.C16H28BNO4.C16H24N2O3.C16H22N2O3.C12H17NO.C6H6BrNO.ClH/c1-3-26-20(24)23-12-5-6-17(10-15-23)22-13-8-16(9-14-22)19-18(25-2)7-4-11-21-19;1-14(2,3)20-13(19)18-10-8-12(9-11-18)17-21-15(4,5)16(6,7)22-17;2*1-16(2,3)21-15(19)18-10-7-12(8-11-18)14-13(20-4)6-5-9-17-14;1-14-11-8-5-9-13-12(11)10-6-3-2-4-7-10;1-9-5-3-2-4-8-6(5)7;/h4,7,11,16-17H,3,5-6,8-10,12-15H2,1-2H3;8H,9-11H2,1-7H3;5-6,9,12H,7-8,10-11H2,1-4H3;5-7,9H,8,10-11H2,1-4H3;5,8-10H,2-4,6-7H2,1H3;2-4H,1H3;1H. The van der Waals surface area contributed by atoms with E-state index in [4.69, 9.17) is 51.9 Å². The summed E-state index contributed by atoms with van der Waals surface area (Å²) in [5.41, 5.74) is 4.27. The third-order valence-electron chi connectivity index (χ3n) is 20.8. The molecule has 114 heavy (non-hydrogen) atoms. The molecule has 12 rings (SSSR count). The largest absolute Gasteiger partial charge is 0.495 e. The molecule has 0 N–H and O–H groups in total. The second-order valence-corrected chi connectivity index (χ2v) is 33.7. The molecule has 0 bridgehead atoms. The summed E-state index contributed by atoms with van der Waals surface area (Å²) >= 11 is 3.22. The van der Waals surface area contributed by atoms with Gasteiger partial charge < -0.3 is 76.4 Å². The number of ether oxygens (including phenoxy) is 9. The zero-order valence-corrected chi connectivity index (χ0v) is 73.7. The maximum Gasteiger partial charge on any atom is 0.490 e. The monoisotopic (exact) mass is 1670 g/mol. The van der Waals surface area contributed by atoms with Crippen molar-refractivity contribution in [3.63, 3.8) is 0 Å². The van der Waals surface area contributed by atoms with Gasteiger partial charge in [-0.3, -0.25) is 19.9 Å². The van der Waals surface area contributed by atoms with Crippen molar-refractivity contribution in [2.75, 3.05) is 108 Å². The van der Waals surface area contributed by atoms with Gasteiger partial charge in [-0.2, -0.15) is 0 Å². The van der Waals surface area contributed by atoms with Crippen LogP contribution >= 0.6 is 28.3 Å². The molecule has 6 aliphatic heterocycles. The van der Waals surface area contributed by atoms with Crippen molar-refractivity contribution in [1.82, 2.24) is 49.4 Å². The Hall–Kier alpha value is -7.98. The third-order valence-corrected chi connectivity index (χ3v) is 21.4. The van der Waals surface area contributed by atoms with Gasteiger partial charge in [-0.25, -0.2) is 24.2 Å². The van der Waals surface area contributed by atoms with Crippen molar-refractivity contribution in [3.8, 4) is 28.7 Å². The lowest BCUT2D eigenvalue weighted by atomic mass is 9.75. The number of pyridine rings is 5. The highest BCUT2D eigenvalue weighted by Crippen LogP contribution is 2.41. The van der Waals surface area contributed by atoms with E-state index in [1.54, 1.807) is 68.8 Å². The van der Waals surface area contributed by atoms with Crippen LogP contribution in [0.3, 0.4) is 0 Å². The van der Waals surface area contributed by atoms with Gasteiger partial charge in [0.25, 0.3) is 0 Å². The summed E-state index contributed by atoms with van der Waals surface area (Å²) in [6.07, 6.45) is 27.4. The van der Waals surface area contributed by atoms with E-state index in [-0.39, 0.29) is 55.1 Å². The molecule has 0 spiro atoms. The van der Waals surface area contributed by atoms with Crippen molar-refractivity contribution in [3.05, 3.63) is 137 Å². The molecule has 630 valence electrons. The summed E-state index contributed by atoms with van der Waals surface area (Å²) < 4.78 is 60.7. The average molecular weight is 1670 g/mol. The van der Waals surface area contributed by atoms with Crippen LogP contribution in [0.5, 0.6) is 28.7 Å². The van der Waals surface area contributed by atoms with Crippen molar-refractivity contribution >= 4 is 65.4 Å². The molecule has 5 fully saturated rings. The molecule has 1 atom stereocenters. The number of carbonyl (C=O) groups excluding carboxylic acids is 4. The van der Waals surface area contributed by atoms with Crippen LogP contribution in [0, 0.1) is 0 Å². The predicted octanol–water partition coefficient (Wildman–Crippen LogP) is 18.2. The van der Waals surface area contributed by atoms with Gasteiger partial charge in [0.15, 0.2) is 5.75 Å². The molecular weight excluding hydrogens is 1540 g/mol. The van der Waals surface area contributed by atoms with E-state index in [0.29, 0.717) is 69.7 Å². The number of hydrogen-bond acceptors (Lipinski definition) is 21. The fourth-order valence-electron chi connectivity index (χ4n) is 14.1. The van der Waals surface area contributed by atoms with Gasteiger partial charge in [0.2, 0.25) is 0 Å². The number of piperidine rings is 2. The van der Waals surface area contributed by atoms with Crippen molar-refractivity contribution < 1.29 is 71.1 Å². The maximum atomic E-state index is 12.1. The second kappa shape index (κ2) is 45.5. The van der Waals surface area contributed by atoms with Crippen LogP contribution in [-0.4, -0.2) is 223 Å². The van der Waals surface area contributed by atoms with Crippen LogP contribution in [0.25, 0.3) is 5.57 Å². The second-order valence-electron chi connectivity index (χ2n) is 32.9. The molecule has 0 radical (unpaired) electrons. The van der Waals surface area contributed by atoms with Gasteiger partial charge in [0, 0.05) is 107 Å². The molecule has 4 saturated heterocycles. The number of carbonyl (C=O) groups is 4. The van der Waals surface area contributed by atoms with Gasteiger partial charge >= 0.3 is 31.5 Å². The highest BCUT2D eigenvalue weighted by atomic mass is 79.9. The lowest BCUT2D eigenvalue weighted by molar-refractivity contribution is 0.00578. The molecule has 5 aromatic heterocycles. The van der Waals surface area contributed by atoms with E-state index < -0.39 is 16.8 Å². The first-order chi connectivity index (χ1) is 53.7. The zero-order valence-electron chi connectivity index (χ0n) is 71.3. The highest BCUT2D eigenvalue weighted by molar-refractivity contribution is 9.10. The lowest BCUT2D eigenvalue weighted by Gasteiger charge is -2.37. The minimum atomic E-state index is -0.467. The zero-order chi connectivity index (χ0) is 82.5. The van der Waals surface area contributed by atoms with Gasteiger partial charge in [0.05, 0.1) is 70.4 Å². The minimum absolute atomic E-state index is 0. The number of halogens is 2. The van der Waals surface area contributed by atoms with E-state index in [1.165, 1.54) is 32.1 Å². The normalized spacial score (nSPS) is 18.7. The molecule has 0 aromatic carbocycles. The first kappa shape index (κ1) is 94.9. The Morgan fingerprint density at radius 3 is 1.26 bits per heavy atom. The molecule has 7 aliphatic rings. The first-order valence-electron chi connectivity index (χ1n) is 40.1. The smallest absolute Gasteiger partial charge is 0.490 e. The fraction of sp³-hybridized carbons (Fsp3) is 0.616. The average Bonchev–Trinajstić information content (AvgIpc) is 1.61. The van der Waals surface area contributed by atoms with Gasteiger partial charge in [-0.05, 0) is 268 Å². The Balaban J connectivity index is 0.000000217. The highest BCUT2D eigenvalue weighted by Gasteiger charge is 2.52. The summed E-state index contributed by atoms with van der Waals surface area (Å²) in [7, 11) is 8.04. The Morgan fingerprint density at radius 1 is 0.456 bits per heavy atom. The van der Waals surface area contributed by atoms with Crippen molar-refractivity contribution in [2.24, 2.45) is 0 Å². The van der Waals surface area contributed by atoms with Crippen LogP contribution in [0.4, 0.5) is 19.2 Å². The summed E-state index contributed by atoms with van der Waals surface area (Å²) in [6, 6.07) is 19.7. The van der Waals surface area contributed by atoms with Crippen LogP contribution in [0.2, 0.25) is 0 Å². The van der Waals surface area contributed by atoms with E-state index in [1.807, 2.05) is 187 Å². The molecule has 1 saturated carbocycles. The van der Waals surface area contributed by atoms with Crippen LogP contribution in [0.1, 0.15) is 227 Å². The SMILES string of the molecule is CC(C)(C)OC(=O)N1CC=C(B2OC(C)(C)C(C)(C)O2)CC1.CCOC(=O)N1CCCC(N2CCC(c3ncccc3OC)CC2)CC1.COc1cccnc1Br.COc1cccnc1C1=CCN(C(=O)OC(C)(C)C)CC1.COc1cccnc1C1CCCCC1.COc1cccnc1C1CCN(C(=O)OC(C)(C)C)CC1.Cl. The Kier molecular flexibility index (Phi) is 37.9. The topological polar surface area (TPSA) is 250 Å². The molecule has 4 amide bonds. The number of rotatable bonds is 12. The Labute approximate surface area is 693 Å². The number of methoxy groups -OCH3 is 5. The van der Waals surface area contributed by atoms with Gasteiger partial charge in [-0.15, -0.1) is 12.4 Å². The number of nitrogens with zero attached hydrogens (tertiary/aromatic N) is 10. The fourth-order valence-corrected chi connectivity index (χ4v) is 14.6. The van der Waals surface area contributed by atoms with Gasteiger partial charge in [0.1, 0.15) is 50.1 Å². The first-order valence-corrected chi connectivity index (χ1v) is 40.9. The van der Waals surface area contributed by atoms with Crippen molar-refractivity contribution in [2.45, 2.75) is 239 Å². The molecular formula is C86H129BBrClN10O15. The van der Waals surface area contributed by atoms with E-state index in [9.17, 15) is 19.2 Å². The third kappa shape index (κ3) is 29.6. The number of amides is 4. The molecule has 25 nitrogen and oxygen atoms in total. The predicted molar refractivity (Wildman–Crippen MR) is 451 cm³/mol. The van der Waals surface area contributed by atoms with E-state index in [2.05, 4.69) is 45.7 Å². The van der Waals surface area contributed by atoms with E-state index in [0.717, 1.165) is 151 Å². The van der Waals surface area contributed by atoms with Crippen LogP contribution < -0.4 is 23.7 Å². The Morgan fingerprint density at radius 2 is 0.851 bits per heavy atom. The summed E-state index contributed by atoms with van der Waals surface area (Å²) in [4.78, 5) is 79.5. The molecule has 5 aromatic rings. The van der Waals surface area contributed by atoms with Gasteiger partial charge in [-0.1, -0.05) is 31.4 Å². The summed E-state index contributed by atoms with van der Waals surface area (Å²) in [6.45, 7) is 34.9. The minimum Gasteiger partial charge on any atom is -0.495 e. The van der Waals surface area contributed by atoms with Crippen LogP contribution in [0.15, 0.2) is 114 Å². The molecule has 11 heterocycles. The van der Waals surface area contributed by atoms with E-state index >= 15 is 0 Å². The molecule has 1 unspecified atom stereocenters. The Bertz CT molecular complexity index is 3840. The quantitative estimate of drug-likeness (QED) is 0.0639. The molecule has 28 heteroatoms. The maximum absolute atomic E-state index is 12.1. The van der Waals surface area contributed by atoms with Crippen LogP contribution in [-0.2, 0) is 28.3 Å². The number of hydrogen-bond donors (Lipinski definition) is 0. The summed E-state index contributed by atoms with van der Waals surface area (Å²) in [5.74, 6) is 5.65. The number of aromatic nitrogens is 5. The number of likely N-dealkylation sites (tertiary alicyclic amines) is 3. The molecule has 1 aliphatic carbocycles. The summed E-state index contributed by atoms with van der Waals surface area (Å²) in [5, 5.41) is 0. The lowest BCUT2D eigenvalue weighted by Crippen LogP contribution is -2.42. The van der Waals surface area contributed by atoms with Crippen molar-refractivity contribution in [1.29, 1.82) is 0 Å².